The number of fused-ring (bicyclic) bond motifs is 5. The topological polar surface area (TPSA) is 222 Å². The predicted molar refractivity (Wildman–Crippen MR) is 263 cm³/mol. The summed E-state index contributed by atoms with van der Waals surface area (Å²) in [5, 5.41) is 8.03. The van der Waals surface area contributed by atoms with Gasteiger partial charge in [-0.3, -0.25) is 14.4 Å². The summed E-state index contributed by atoms with van der Waals surface area (Å²) in [4.78, 5) is 83.2. The van der Waals surface area contributed by atoms with Crippen molar-refractivity contribution in [3.05, 3.63) is 75.8 Å². The van der Waals surface area contributed by atoms with Crippen molar-refractivity contribution in [2.24, 2.45) is 11.8 Å². The number of sulfone groups is 1. The summed E-state index contributed by atoms with van der Waals surface area (Å²) >= 11 is 3.37. The number of carbonyl (C=O) groups is 6. The van der Waals surface area contributed by atoms with Gasteiger partial charge in [0.05, 0.1) is 36.8 Å². The maximum Gasteiger partial charge on any atom is 0.407 e. The monoisotopic (exact) mass is 1040 g/mol. The van der Waals surface area contributed by atoms with E-state index >= 15 is 4.79 Å². The van der Waals surface area contributed by atoms with E-state index in [9.17, 15) is 32.4 Å². The fraction of sp³-hybridized carbons (Fsp3) is 0.520. The first-order valence-corrected chi connectivity index (χ1v) is 25.3. The zero-order valence-corrected chi connectivity index (χ0v) is 43.8. The summed E-state index contributed by atoms with van der Waals surface area (Å²) in [6.07, 6.45) is -1.29. The Morgan fingerprint density at radius 3 is 2.03 bits per heavy atom. The molecule has 0 aliphatic carbocycles. The molecule has 0 spiro atoms. The number of aryl methyl sites for hydroxylation is 1. The second-order valence-electron chi connectivity index (χ2n) is 19.0. The molecule has 69 heavy (non-hydrogen) atoms. The Bertz CT molecular complexity index is 2470. The molecule has 1 aliphatic rings. The zero-order chi connectivity index (χ0) is 51.4. The molecule has 0 saturated carbocycles. The highest BCUT2D eigenvalue weighted by Crippen LogP contribution is 2.41. The van der Waals surface area contributed by atoms with E-state index in [-0.39, 0.29) is 37.4 Å². The van der Waals surface area contributed by atoms with Crippen molar-refractivity contribution >= 4 is 61.5 Å². The number of rotatable bonds is 16. The molecule has 19 heteroatoms. The number of Topliss-reactive ketones (excluding diaryl/α,β-unsaturated/α-hetero) is 1. The third-order valence-corrected chi connectivity index (χ3v) is 13.2. The minimum Gasteiger partial charge on any atom is -0.493 e. The molecular weight excluding hydrogens is 977 g/mol. The van der Waals surface area contributed by atoms with Gasteiger partial charge in [0.1, 0.15) is 41.4 Å². The fourth-order valence-corrected chi connectivity index (χ4v) is 9.94. The smallest absolute Gasteiger partial charge is 0.407 e. The lowest BCUT2D eigenvalue weighted by Crippen LogP contribution is -2.46. The predicted octanol–water partition coefficient (Wildman–Crippen LogP) is 7.43. The number of esters is 1. The number of hydrogen-bond donors (Lipinski definition) is 3. The lowest BCUT2D eigenvalue weighted by atomic mass is 9.89. The number of alkyl carbamates (subject to hydrolysis) is 2. The normalized spacial score (nSPS) is 17.0. The van der Waals surface area contributed by atoms with Crippen LogP contribution in [0.15, 0.2) is 64.0 Å². The number of ketones is 1. The molecule has 3 N–H and O–H groups in total. The molecule has 1 heterocycles. The average Bonchev–Trinajstić information content (AvgIpc) is 3.24. The summed E-state index contributed by atoms with van der Waals surface area (Å²) in [6.45, 7) is 15.6. The zero-order valence-electron chi connectivity index (χ0n) is 41.4. The van der Waals surface area contributed by atoms with Gasteiger partial charge >= 0.3 is 18.2 Å². The first-order valence-electron chi connectivity index (χ1n) is 22.9. The van der Waals surface area contributed by atoms with Crippen LogP contribution >= 0.6 is 15.9 Å². The summed E-state index contributed by atoms with van der Waals surface area (Å²) < 4.78 is 57.4. The summed E-state index contributed by atoms with van der Waals surface area (Å²) in [5.74, 6) is -4.86. The molecular formula is C50H67BrN4O13S. The van der Waals surface area contributed by atoms with Gasteiger partial charge in [-0.1, -0.05) is 41.9 Å². The van der Waals surface area contributed by atoms with E-state index in [1.807, 2.05) is 6.92 Å². The van der Waals surface area contributed by atoms with Gasteiger partial charge < -0.3 is 44.5 Å². The number of likely N-dealkylation sites (N-methyl/N-ethyl adjacent to an activating group) is 1. The number of hydrogen-bond acceptors (Lipinski definition) is 13. The number of nitrogens with one attached hydrogen (secondary N) is 3. The molecule has 0 aromatic heterocycles. The number of benzene rings is 3. The van der Waals surface area contributed by atoms with Gasteiger partial charge in [0.25, 0.3) is 0 Å². The summed E-state index contributed by atoms with van der Waals surface area (Å²) in [6, 6.07) is 12.3. The van der Waals surface area contributed by atoms with Crippen molar-refractivity contribution in [3.8, 4) is 22.6 Å². The van der Waals surface area contributed by atoms with Crippen LogP contribution in [0.1, 0.15) is 97.4 Å². The molecule has 4 amide bonds. The molecule has 1 aliphatic heterocycles. The van der Waals surface area contributed by atoms with E-state index in [1.54, 1.807) is 97.0 Å². The number of methoxy groups -OCH3 is 1. The molecule has 4 rings (SSSR count). The van der Waals surface area contributed by atoms with Crippen LogP contribution in [0.4, 0.5) is 9.59 Å². The quantitative estimate of drug-likeness (QED) is 0.0723. The Hall–Kier alpha value is -5.69. The molecule has 0 unspecified atom stereocenters. The Balaban J connectivity index is 1.89. The lowest BCUT2D eigenvalue weighted by molar-refractivity contribution is -0.146. The molecule has 17 nitrogen and oxygen atoms in total. The molecule has 4 bridgehead atoms. The Morgan fingerprint density at radius 2 is 1.43 bits per heavy atom. The van der Waals surface area contributed by atoms with E-state index in [0.29, 0.717) is 56.8 Å². The van der Waals surface area contributed by atoms with Gasteiger partial charge in [-0.25, -0.2) is 22.8 Å². The Morgan fingerprint density at radius 1 is 0.841 bits per heavy atom. The van der Waals surface area contributed by atoms with Crippen LogP contribution in [0.5, 0.6) is 11.5 Å². The summed E-state index contributed by atoms with van der Waals surface area (Å²) in [7, 11) is -1.56. The first kappa shape index (κ1) is 55.9. The van der Waals surface area contributed by atoms with Crippen molar-refractivity contribution < 1.29 is 60.9 Å². The van der Waals surface area contributed by atoms with E-state index in [2.05, 4.69) is 31.9 Å². The highest BCUT2D eigenvalue weighted by molar-refractivity contribution is 9.10. The molecule has 3 aromatic carbocycles. The Kier molecular flexibility index (Phi) is 19.6. The SMILES string of the molecule is CCCOc1ccc2cc1-c1cc(ccc1OCCNC(=O)OC(C)(C)C)C[C@@H](C(=O)OC)NC(=O)[C@H](C)CC(=O)[C@H]2N(C)C(=O)[C@H](CCNC(=O)OC(C)(C)C)CS(=O)(=O)c1ccc(Br)cc1C. The van der Waals surface area contributed by atoms with Crippen molar-refractivity contribution in [1.29, 1.82) is 0 Å². The lowest BCUT2D eigenvalue weighted by Gasteiger charge is -2.32. The van der Waals surface area contributed by atoms with Crippen LogP contribution in [-0.2, 0) is 49.6 Å². The molecule has 4 atom stereocenters. The van der Waals surface area contributed by atoms with Crippen molar-refractivity contribution in [2.75, 3.05) is 46.2 Å². The van der Waals surface area contributed by atoms with Crippen LogP contribution in [0.2, 0.25) is 0 Å². The fourth-order valence-electron chi connectivity index (χ4n) is 7.62. The van der Waals surface area contributed by atoms with Crippen molar-refractivity contribution in [1.82, 2.24) is 20.9 Å². The van der Waals surface area contributed by atoms with Crippen molar-refractivity contribution in [3.63, 3.8) is 0 Å². The standard InChI is InChI=1S/C50H67BrN4O13S/c1-12-22-65-41-17-14-33-28-37(41)36-26-32(13-16-40(36)66-23-21-53-48(61)68-50(7,8)9)27-38(46(59)64-11)54-44(57)31(3)25-39(56)43(33)55(10)45(58)34(19-20-52-47(60)67-49(4,5)6)29-69(62,63)42-18-15-35(51)24-30(42)2/h13-18,24,26,28,31,34,38,43H,12,19-23,25,27,29H2,1-11H3,(H,52,60)(H,53,61)(H,54,57)/t31-,34-,38+,43+/m1/s1. The van der Waals surface area contributed by atoms with E-state index in [0.717, 1.165) is 0 Å². The second-order valence-corrected chi connectivity index (χ2v) is 21.9. The summed E-state index contributed by atoms with van der Waals surface area (Å²) in [5.41, 5.74) is 0.720. The van der Waals surface area contributed by atoms with Crippen molar-refractivity contribution in [2.45, 2.75) is 116 Å². The van der Waals surface area contributed by atoms with E-state index in [4.69, 9.17) is 23.7 Å². The highest BCUT2D eigenvalue weighted by atomic mass is 79.9. The number of halogens is 1. The molecule has 0 radical (unpaired) electrons. The minimum atomic E-state index is -4.15. The third-order valence-electron chi connectivity index (χ3n) is 10.8. The number of carbonyl (C=O) groups excluding carboxylic acids is 6. The third kappa shape index (κ3) is 16.5. The van der Waals surface area contributed by atoms with Crippen LogP contribution < -0.4 is 25.4 Å². The molecule has 0 fully saturated rings. The largest absolute Gasteiger partial charge is 0.493 e. The van der Waals surface area contributed by atoms with E-state index in [1.165, 1.54) is 32.0 Å². The van der Waals surface area contributed by atoms with Gasteiger partial charge in [-0.05, 0) is 120 Å². The van der Waals surface area contributed by atoms with Gasteiger partial charge in [-0.2, -0.15) is 0 Å². The van der Waals surface area contributed by atoms with Crippen LogP contribution in [-0.4, -0.2) is 113 Å². The number of nitrogens with zero attached hydrogens (tertiary/aromatic N) is 1. The maximum absolute atomic E-state index is 15.0. The van der Waals surface area contributed by atoms with E-state index < -0.39 is 92.9 Å². The first-order chi connectivity index (χ1) is 32.2. The Labute approximate surface area is 414 Å². The molecule has 3 aromatic rings. The average molecular weight is 1040 g/mol. The van der Waals surface area contributed by atoms with Gasteiger partial charge in [0, 0.05) is 48.0 Å². The minimum absolute atomic E-state index is 0.000370. The number of amides is 4. The molecule has 0 saturated heterocycles. The number of ether oxygens (including phenoxy) is 5. The maximum atomic E-state index is 15.0. The molecule has 378 valence electrons. The van der Waals surface area contributed by atoms with Crippen LogP contribution in [0, 0.1) is 18.8 Å². The van der Waals surface area contributed by atoms with Gasteiger partial charge in [0.15, 0.2) is 15.6 Å². The van der Waals surface area contributed by atoms with Gasteiger partial charge in [-0.15, -0.1) is 0 Å². The van der Waals surface area contributed by atoms with Crippen LogP contribution in [0.25, 0.3) is 11.1 Å². The second kappa shape index (κ2) is 24.2. The van der Waals surface area contributed by atoms with Crippen LogP contribution in [0.3, 0.4) is 0 Å². The van der Waals surface area contributed by atoms with Gasteiger partial charge in [0.2, 0.25) is 11.8 Å². The highest BCUT2D eigenvalue weighted by Gasteiger charge is 2.38.